The van der Waals surface area contributed by atoms with Crippen molar-refractivity contribution < 1.29 is 0 Å². The van der Waals surface area contributed by atoms with Gasteiger partial charge in [-0.3, -0.25) is 0 Å². The zero-order valence-electron chi connectivity index (χ0n) is 11.0. The summed E-state index contributed by atoms with van der Waals surface area (Å²) in [4.78, 5) is 9.40. The van der Waals surface area contributed by atoms with E-state index in [1.165, 1.54) is 0 Å². The van der Waals surface area contributed by atoms with Crippen LogP contribution in [-0.4, -0.2) is 42.6 Å². The number of piperazine rings is 1. The van der Waals surface area contributed by atoms with Crippen LogP contribution in [0, 0.1) is 6.92 Å². The zero-order chi connectivity index (χ0) is 12.4. The Balaban J connectivity index is 2.24. The van der Waals surface area contributed by atoms with Crippen LogP contribution in [0.2, 0.25) is 0 Å². The van der Waals surface area contributed by atoms with Gasteiger partial charge < -0.3 is 15.5 Å². The summed E-state index contributed by atoms with van der Waals surface area (Å²) in [6.45, 7) is 7.99. The Bertz CT molecular complexity index is 391. The molecule has 0 aromatic carbocycles. The Morgan fingerprint density at radius 3 is 2.82 bits per heavy atom. The van der Waals surface area contributed by atoms with Crippen LogP contribution in [0.4, 0.5) is 5.82 Å². The molecule has 0 radical (unpaired) electrons. The highest BCUT2D eigenvalue weighted by molar-refractivity contribution is 5.48. The monoisotopic (exact) mass is 234 g/mol. The van der Waals surface area contributed by atoms with Gasteiger partial charge in [0.1, 0.15) is 5.82 Å². The number of aromatic nitrogens is 1. The number of anilines is 1. The fourth-order valence-electron chi connectivity index (χ4n) is 2.25. The highest BCUT2D eigenvalue weighted by atomic mass is 15.3. The highest BCUT2D eigenvalue weighted by Gasteiger charge is 2.23. The van der Waals surface area contributed by atoms with Crippen LogP contribution in [0.1, 0.15) is 18.2 Å². The Labute approximate surface area is 103 Å². The van der Waals surface area contributed by atoms with E-state index in [-0.39, 0.29) is 0 Å². The van der Waals surface area contributed by atoms with Gasteiger partial charge in [-0.15, -0.1) is 0 Å². The molecule has 1 aromatic heterocycles. The van der Waals surface area contributed by atoms with E-state index in [0.29, 0.717) is 12.6 Å². The maximum Gasteiger partial charge on any atom is 0.133 e. The second kappa shape index (κ2) is 5.02. The number of pyridine rings is 1. The van der Waals surface area contributed by atoms with Gasteiger partial charge >= 0.3 is 0 Å². The summed E-state index contributed by atoms with van der Waals surface area (Å²) < 4.78 is 0. The van der Waals surface area contributed by atoms with E-state index in [4.69, 9.17) is 5.73 Å². The van der Waals surface area contributed by atoms with Crippen LogP contribution < -0.4 is 10.6 Å². The molecule has 4 heteroatoms. The Morgan fingerprint density at radius 1 is 1.41 bits per heavy atom. The fourth-order valence-corrected chi connectivity index (χ4v) is 2.25. The van der Waals surface area contributed by atoms with Gasteiger partial charge in [0.25, 0.3) is 0 Å². The van der Waals surface area contributed by atoms with Crippen molar-refractivity contribution in [2.45, 2.75) is 26.4 Å². The first-order chi connectivity index (χ1) is 8.11. The summed E-state index contributed by atoms with van der Waals surface area (Å²) in [5.74, 6) is 1.08. The largest absolute Gasteiger partial charge is 0.354 e. The third-order valence-corrected chi connectivity index (χ3v) is 3.57. The minimum absolute atomic E-state index is 0.559. The SMILES string of the molecule is Cc1ccc(CN)c(N2CCN(C)C(C)C2)n1. The molecule has 0 bridgehead atoms. The van der Waals surface area contributed by atoms with Gasteiger partial charge in [-0.1, -0.05) is 6.07 Å². The van der Waals surface area contributed by atoms with E-state index in [0.717, 1.165) is 36.7 Å². The van der Waals surface area contributed by atoms with Crippen molar-refractivity contribution in [1.82, 2.24) is 9.88 Å². The summed E-state index contributed by atoms with van der Waals surface area (Å²) in [5, 5.41) is 0. The zero-order valence-corrected chi connectivity index (χ0v) is 11.0. The van der Waals surface area contributed by atoms with E-state index < -0.39 is 0 Å². The molecule has 0 aliphatic carbocycles. The van der Waals surface area contributed by atoms with Crippen molar-refractivity contribution in [2.24, 2.45) is 5.73 Å². The van der Waals surface area contributed by atoms with E-state index in [1.807, 2.05) is 13.0 Å². The van der Waals surface area contributed by atoms with Crippen LogP contribution in [0.15, 0.2) is 12.1 Å². The van der Waals surface area contributed by atoms with Gasteiger partial charge in [0.15, 0.2) is 0 Å². The van der Waals surface area contributed by atoms with E-state index in [1.54, 1.807) is 0 Å². The number of aryl methyl sites for hydroxylation is 1. The average molecular weight is 234 g/mol. The lowest BCUT2D eigenvalue weighted by molar-refractivity contribution is 0.233. The number of hydrogen-bond donors (Lipinski definition) is 1. The number of hydrogen-bond acceptors (Lipinski definition) is 4. The van der Waals surface area contributed by atoms with E-state index >= 15 is 0 Å². The predicted molar refractivity (Wildman–Crippen MR) is 71.2 cm³/mol. The molecule has 2 N–H and O–H groups in total. The molecule has 0 saturated carbocycles. The third-order valence-electron chi connectivity index (χ3n) is 3.57. The van der Waals surface area contributed by atoms with Gasteiger partial charge in [-0.25, -0.2) is 4.98 Å². The predicted octanol–water partition coefficient (Wildman–Crippen LogP) is 0.989. The minimum atomic E-state index is 0.559. The topological polar surface area (TPSA) is 45.4 Å². The van der Waals surface area contributed by atoms with Crippen molar-refractivity contribution in [3.8, 4) is 0 Å². The molecule has 1 fully saturated rings. The number of likely N-dealkylation sites (N-methyl/N-ethyl adjacent to an activating group) is 1. The van der Waals surface area contributed by atoms with Crippen molar-refractivity contribution in [2.75, 3.05) is 31.6 Å². The van der Waals surface area contributed by atoms with E-state index in [9.17, 15) is 0 Å². The minimum Gasteiger partial charge on any atom is -0.354 e. The smallest absolute Gasteiger partial charge is 0.133 e. The van der Waals surface area contributed by atoms with Crippen LogP contribution in [-0.2, 0) is 6.54 Å². The molecule has 94 valence electrons. The second-order valence-corrected chi connectivity index (χ2v) is 4.92. The van der Waals surface area contributed by atoms with Crippen molar-refractivity contribution in [3.63, 3.8) is 0 Å². The normalized spacial score (nSPS) is 21.9. The molecular weight excluding hydrogens is 212 g/mol. The summed E-state index contributed by atoms with van der Waals surface area (Å²) >= 11 is 0. The molecule has 1 atom stereocenters. The molecule has 1 aromatic rings. The molecule has 0 spiro atoms. The summed E-state index contributed by atoms with van der Waals surface area (Å²) in [6.07, 6.45) is 0. The van der Waals surface area contributed by atoms with Gasteiger partial charge in [0.05, 0.1) is 0 Å². The standard InChI is InChI=1S/C13H22N4/c1-10-4-5-12(8-14)13(15-10)17-7-6-16(3)11(2)9-17/h4-5,11H,6-9,14H2,1-3H3. The lowest BCUT2D eigenvalue weighted by Crippen LogP contribution is -2.50. The molecule has 1 aliphatic heterocycles. The molecule has 2 heterocycles. The summed E-state index contributed by atoms with van der Waals surface area (Å²) in [5.41, 5.74) is 8.00. The van der Waals surface area contributed by atoms with Crippen molar-refractivity contribution in [1.29, 1.82) is 0 Å². The average Bonchev–Trinajstić information content (AvgIpc) is 2.32. The third kappa shape index (κ3) is 2.58. The van der Waals surface area contributed by atoms with Gasteiger partial charge in [-0.05, 0) is 27.0 Å². The first-order valence-electron chi connectivity index (χ1n) is 6.23. The lowest BCUT2D eigenvalue weighted by Gasteiger charge is -2.39. The summed E-state index contributed by atoms with van der Waals surface area (Å²) in [7, 11) is 2.18. The second-order valence-electron chi connectivity index (χ2n) is 4.92. The van der Waals surface area contributed by atoms with Crippen LogP contribution in [0.25, 0.3) is 0 Å². The highest BCUT2D eigenvalue weighted by Crippen LogP contribution is 2.21. The van der Waals surface area contributed by atoms with Crippen molar-refractivity contribution in [3.05, 3.63) is 23.4 Å². The first kappa shape index (κ1) is 12.3. The first-order valence-corrected chi connectivity index (χ1v) is 6.23. The Hall–Kier alpha value is -1.13. The lowest BCUT2D eigenvalue weighted by atomic mass is 10.1. The molecule has 1 unspecified atom stereocenters. The van der Waals surface area contributed by atoms with Gasteiger partial charge in [0, 0.05) is 43.5 Å². The van der Waals surface area contributed by atoms with E-state index in [2.05, 4.69) is 34.8 Å². The molecule has 1 aliphatic rings. The molecule has 4 nitrogen and oxygen atoms in total. The van der Waals surface area contributed by atoms with Crippen LogP contribution in [0.5, 0.6) is 0 Å². The van der Waals surface area contributed by atoms with Crippen molar-refractivity contribution >= 4 is 5.82 Å². The molecule has 2 rings (SSSR count). The Morgan fingerprint density at radius 2 is 2.18 bits per heavy atom. The molecule has 0 amide bonds. The number of nitrogens with two attached hydrogens (primary N) is 1. The molecule has 17 heavy (non-hydrogen) atoms. The quantitative estimate of drug-likeness (QED) is 0.829. The molecular formula is C13H22N4. The fraction of sp³-hybridized carbons (Fsp3) is 0.615. The summed E-state index contributed by atoms with van der Waals surface area (Å²) in [6, 6.07) is 4.70. The number of rotatable bonds is 2. The van der Waals surface area contributed by atoms with Gasteiger partial charge in [0.2, 0.25) is 0 Å². The van der Waals surface area contributed by atoms with Crippen LogP contribution in [0.3, 0.4) is 0 Å². The maximum absolute atomic E-state index is 5.79. The number of nitrogens with zero attached hydrogens (tertiary/aromatic N) is 3. The van der Waals surface area contributed by atoms with Gasteiger partial charge in [-0.2, -0.15) is 0 Å². The molecule has 1 saturated heterocycles. The maximum atomic E-state index is 5.79. The Kier molecular flexibility index (Phi) is 3.64. The van der Waals surface area contributed by atoms with Crippen LogP contribution >= 0.6 is 0 Å².